The molecule has 0 aromatic carbocycles. The predicted octanol–water partition coefficient (Wildman–Crippen LogP) is 0.697. The molecule has 1 fully saturated rings. The molecule has 0 aromatic rings. The molecule has 0 radical (unpaired) electrons. The molecule has 1 saturated heterocycles. The molecule has 60 valence electrons. The zero-order chi connectivity index (χ0) is 7.94. The van der Waals surface area contributed by atoms with Gasteiger partial charge in [-0.25, -0.2) is 0 Å². The van der Waals surface area contributed by atoms with E-state index in [4.69, 9.17) is 5.11 Å². The van der Waals surface area contributed by atoms with Crippen LogP contribution in [0.3, 0.4) is 0 Å². The number of epoxide rings is 1. The second-order valence-corrected chi connectivity index (χ2v) is 2.29. The van der Waals surface area contributed by atoms with E-state index in [0.717, 1.165) is 0 Å². The van der Waals surface area contributed by atoms with E-state index in [1.165, 1.54) is 6.92 Å². The minimum Gasteiger partial charge on any atom is -0.381 e. The number of hydrogen-bond acceptors (Lipinski definition) is 2. The van der Waals surface area contributed by atoms with Gasteiger partial charge >= 0.3 is 6.18 Å². The van der Waals surface area contributed by atoms with Crippen molar-refractivity contribution in [2.24, 2.45) is 0 Å². The average Bonchev–Trinajstić information content (AvgIpc) is 2.42. The summed E-state index contributed by atoms with van der Waals surface area (Å²) in [6.07, 6.45) is -8.37. The van der Waals surface area contributed by atoms with Gasteiger partial charge in [-0.1, -0.05) is 0 Å². The SMILES string of the molecule is C[C@H]1O[C@@H]1[C@H](O)C(F)(F)F. The Morgan fingerprint density at radius 3 is 2.00 bits per heavy atom. The summed E-state index contributed by atoms with van der Waals surface area (Å²) in [6.45, 7) is 1.49. The summed E-state index contributed by atoms with van der Waals surface area (Å²) in [5.41, 5.74) is 0. The predicted molar refractivity (Wildman–Crippen MR) is 26.4 cm³/mol. The number of aliphatic hydroxyl groups excluding tert-OH is 1. The molecule has 0 spiro atoms. The Morgan fingerprint density at radius 1 is 1.50 bits per heavy atom. The zero-order valence-electron chi connectivity index (χ0n) is 5.22. The lowest BCUT2D eigenvalue weighted by Gasteiger charge is -2.10. The lowest BCUT2D eigenvalue weighted by atomic mass is 10.2. The lowest BCUT2D eigenvalue weighted by Crippen LogP contribution is -2.34. The van der Waals surface area contributed by atoms with Gasteiger partial charge < -0.3 is 9.84 Å². The van der Waals surface area contributed by atoms with E-state index in [0.29, 0.717) is 0 Å². The first kappa shape index (κ1) is 7.81. The van der Waals surface area contributed by atoms with Gasteiger partial charge in [-0.05, 0) is 6.92 Å². The highest BCUT2D eigenvalue weighted by Gasteiger charge is 2.53. The lowest BCUT2D eigenvalue weighted by molar-refractivity contribution is -0.208. The second-order valence-electron chi connectivity index (χ2n) is 2.29. The standard InChI is InChI=1S/C5H7F3O2/c1-2-3(10-2)4(9)5(6,7)8/h2-4,9H,1H3/t2-,3+,4+/m1/s1. The van der Waals surface area contributed by atoms with Crippen molar-refractivity contribution in [3.05, 3.63) is 0 Å². The Bertz CT molecular complexity index is 133. The van der Waals surface area contributed by atoms with Crippen LogP contribution in [0.2, 0.25) is 0 Å². The van der Waals surface area contributed by atoms with Gasteiger partial charge in [-0.2, -0.15) is 13.2 Å². The number of aliphatic hydroxyl groups is 1. The fourth-order valence-electron chi connectivity index (χ4n) is 0.720. The average molecular weight is 156 g/mol. The first-order valence-corrected chi connectivity index (χ1v) is 2.83. The Balaban J connectivity index is 2.42. The Morgan fingerprint density at radius 2 is 1.90 bits per heavy atom. The number of alkyl halides is 3. The fraction of sp³-hybridized carbons (Fsp3) is 1.00. The van der Waals surface area contributed by atoms with Crippen molar-refractivity contribution in [1.29, 1.82) is 0 Å². The highest BCUT2D eigenvalue weighted by Crippen LogP contribution is 2.33. The maximum absolute atomic E-state index is 11.6. The molecule has 1 aliphatic rings. The molecule has 5 heteroatoms. The molecular weight excluding hydrogens is 149 g/mol. The van der Waals surface area contributed by atoms with Crippen LogP contribution < -0.4 is 0 Å². The van der Waals surface area contributed by atoms with Gasteiger partial charge in [0.05, 0.1) is 6.10 Å². The van der Waals surface area contributed by atoms with Crippen molar-refractivity contribution in [1.82, 2.24) is 0 Å². The highest BCUT2D eigenvalue weighted by atomic mass is 19.4. The molecular formula is C5H7F3O2. The highest BCUT2D eigenvalue weighted by molar-refractivity contribution is 4.90. The number of halogens is 3. The van der Waals surface area contributed by atoms with E-state index in [1.54, 1.807) is 0 Å². The van der Waals surface area contributed by atoms with Crippen molar-refractivity contribution in [3.8, 4) is 0 Å². The van der Waals surface area contributed by atoms with Crippen molar-refractivity contribution < 1.29 is 23.0 Å². The van der Waals surface area contributed by atoms with Gasteiger partial charge in [-0.3, -0.25) is 0 Å². The Hall–Kier alpha value is -0.290. The maximum atomic E-state index is 11.6. The summed E-state index contributed by atoms with van der Waals surface area (Å²) in [6, 6.07) is 0. The first-order chi connectivity index (χ1) is 4.43. The van der Waals surface area contributed by atoms with Crippen molar-refractivity contribution in [3.63, 3.8) is 0 Å². The molecule has 0 amide bonds. The number of rotatable bonds is 1. The first-order valence-electron chi connectivity index (χ1n) is 2.83. The molecule has 10 heavy (non-hydrogen) atoms. The molecule has 0 unspecified atom stereocenters. The number of ether oxygens (including phenoxy) is 1. The largest absolute Gasteiger partial charge is 0.417 e. The van der Waals surface area contributed by atoms with Gasteiger partial charge in [0.1, 0.15) is 6.10 Å². The quantitative estimate of drug-likeness (QED) is 0.567. The van der Waals surface area contributed by atoms with Crippen LogP contribution in [-0.2, 0) is 4.74 Å². The van der Waals surface area contributed by atoms with E-state index in [1.807, 2.05) is 0 Å². The molecule has 0 saturated carbocycles. The monoisotopic (exact) mass is 156 g/mol. The molecule has 0 aliphatic carbocycles. The van der Waals surface area contributed by atoms with E-state index in [2.05, 4.69) is 4.74 Å². The van der Waals surface area contributed by atoms with Crippen LogP contribution in [0.15, 0.2) is 0 Å². The third kappa shape index (κ3) is 1.41. The van der Waals surface area contributed by atoms with Gasteiger partial charge in [0.2, 0.25) is 0 Å². The summed E-state index contributed by atoms with van der Waals surface area (Å²) in [7, 11) is 0. The van der Waals surface area contributed by atoms with Crippen molar-refractivity contribution in [2.75, 3.05) is 0 Å². The third-order valence-corrected chi connectivity index (χ3v) is 1.40. The number of hydrogen-bond donors (Lipinski definition) is 1. The van der Waals surface area contributed by atoms with Gasteiger partial charge in [0.25, 0.3) is 0 Å². The molecule has 0 aromatic heterocycles. The van der Waals surface area contributed by atoms with Crippen molar-refractivity contribution in [2.45, 2.75) is 31.4 Å². The van der Waals surface area contributed by atoms with Crippen LogP contribution in [0.1, 0.15) is 6.92 Å². The molecule has 1 rings (SSSR count). The molecule has 1 N–H and O–H groups in total. The summed E-state index contributed by atoms with van der Waals surface area (Å²) in [5, 5.41) is 8.45. The minimum absolute atomic E-state index is 0.461. The van der Waals surface area contributed by atoms with E-state index >= 15 is 0 Å². The maximum Gasteiger partial charge on any atom is 0.417 e. The molecule has 2 nitrogen and oxygen atoms in total. The van der Waals surface area contributed by atoms with Crippen LogP contribution in [0.5, 0.6) is 0 Å². The Kier molecular flexibility index (Phi) is 1.64. The van der Waals surface area contributed by atoms with Gasteiger partial charge in [0, 0.05) is 0 Å². The van der Waals surface area contributed by atoms with E-state index in [9.17, 15) is 13.2 Å². The van der Waals surface area contributed by atoms with Crippen LogP contribution in [0, 0.1) is 0 Å². The smallest absolute Gasteiger partial charge is 0.381 e. The Labute approximate surface area is 55.6 Å². The normalized spacial score (nSPS) is 35.7. The molecule has 1 aliphatic heterocycles. The van der Waals surface area contributed by atoms with E-state index in [-0.39, 0.29) is 0 Å². The van der Waals surface area contributed by atoms with Crippen LogP contribution >= 0.6 is 0 Å². The molecule has 3 atom stereocenters. The van der Waals surface area contributed by atoms with Gasteiger partial charge in [-0.15, -0.1) is 0 Å². The second kappa shape index (κ2) is 2.10. The fourth-order valence-corrected chi connectivity index (χ4v) is 0.720. The third-order valence-electron chi connectivity index (χ3n) is 1.40. The summed E-state index contributed by atoms with van der Waals surface area (Å²) >= 11 is 0. The van der Waals surface area contributed by atoms with E-state index < -0.39 is 24.5 Å². The van der Waals surface area contributed by atoms with Crippen LogP contribution in [0.25, 0.3) is 0 Å². The van der Waals surface area contributed by atoms with Gasteiger partial charge in [0.15, 0.2) is 6.10 Å². The molecule has 0 bridgehead atoms. The van der Waals surface area contributed by atoms with Crippen molar-refractivity contribution >= 4 is 0 Å². The summed E-state index contributed by atoms with van der Waals surface area (Å²) < 4.78 is 39.2. The minimum atomic E-state index is -4.55. The summed E-state index contributed by atoms with van der Waals surface area (Å²) in [4.78, 5) is 0. The van der Waals surface area contributed by atoms with Crippen LogP contribution in [-0.4, -0.2) is 29.6 Å². The topological polar surface area (TPSA) is 32.8 Å². The zero-order valence-corrected chi connectivity index (χ0v) is 5.22. The summed E-state index contributed by atoms with van der Waals surface area (Å²) in [5.74, 6) is 0. The molecule has 1 heterocycles. The van der Waals surface area contributed by atoms with Crippen LogP contribution in [0.4, 0.5) is 13.2 Å².